The molecule has 1 heterocycles. The van der Waals surface area contributed by atoms with Crippen molar-refractivity contribution in [3.8, 4) is 0 Å². The lowest BCUT2D eigenvalue weighted by molar-refractivity contribution is 0.267. The van der Waals surface area contributed by atoms with Crippen LogP contribution in [0.15, 0.2) is 35.1 Å². The molecule has 3 rings (SSSR count). The maximum absolute atomic E-state index is 5.02. The predicted octanol–water partition coefficient (Wildman–Crippen LogP) is 2.53. The fourth-order valence-corrected chi connectivity index (χ4v) is 3.01. The first kappa shape index (κ1) is 12.4. The first-order valence-electron chi connectivity index (χ1n) is 6.73. The summed E-state index contributed by atoms with van der Waals surface area (Å²) in [5.74, 6) is 0.691. The Bertz CT molecular complexity index is 548. The van der Waals surface area contributed by atoms with Crippen molar-refractivity contribution in [3.05, 3.63) is 47.6 Å². The molecule has 1 aliphatic carbocycles. The Balaban J connectivity index is 1.69. The minimum atomic E-state index is 0.249. The molecule has 0 aliphatic heterocycles. The molecular formula is C15H19N3O. The molecule has 1 N–H and O–H groups in total. The van der Waals surface area contributed by atoms with E-state index in [1.54, 1.807) is 0 Å². The fraction of sp³-hybridized carbons (Fsp3) is 0.467. The number of aromatic nitrogens is 2. The molecule has 19 heavy (non-hydrogen) atoms. The molecule has 0 saturated carbocycles. The summed E-state index contributed by atoms with van der Waals surface area (Å²) in [6.07, 6.45) is 3.35. The van der Waals surface area contributed by atoms with Gasteiger partial charge in [0.05, 0.1) is 0 Å². The first-order chi connectivity index (χ1) is 9.17. The van der Waals surface area contributed by atoms with E-state index in [0.29, 0.717) is 11.9 Å². The summed E-state index contributed by atoms with van der Waals surface area (Å²) in [4.78, 5) is 4.04. The van der Waals surface area contributed by atoms with Gasteiger partial charge in [-0.25, -0.2) is 0 Å². The summed E-state index contributed by atoms with van der Waals surface area (Å²) in [5, 5.41) is 7.26. The molecule has 100 valence electrons. The van der Waals surface area contributed by atoms with Gasteiger partial charge in [0.15, 0.2) is 6.33 Å². The van der Waals surface area contributed by atoms with Crippen LogP contribution in [0.4, 0.5) is 0 Å². The monoisotopic (exact) mass is 257 g/mol. The van der Waals surface area contributed by atoms with Crippen molar-refractivity contribution >= 4 is 0 Å². The Labute approximate surface area is 113 Å². The number of hydrogen-bond acceptors (Lipinski definition) is 4. The average Bonchev–Trinajstić information content (AvgIpc) is 2.96. The normalized spacial score (nSPS) is 20.4. The zero-order chi connectivity index (χ0) is 13.3. The van der Waals surface area contributed by atoms with Crippen LogP contribution >= 0.6 is 0 Å². The molecule has 1 unspecified atom stereocenters. The van der Waals surface area contributed by atoms with E-state index in [-0.39, 0.29) is 5.41 Å². The van der Waals surface area contributed by atoms with Gasteiger partial charge in [-0.05, 0) is 23.0 Å². The molecule has 0 spiro atoms. The van der Waals surface area contributed by atoms with Crippen molar-refractivity contribution < 1.29 is 4.52 Å². The maximum atomic E-state index is 5.02. The van der Waals surface area contributed by atoms with Crippen LogP contribution in [0.5, 0.6) is 0 Å². The quantitative estimate of drug-likeness (QED) is 0.914. The van der Waals surface area contributed by atoms with Crippen LogP contribution in [-0.2, 0) is 12.8 Å². The summed E-state index contributed by atoms with van der Waals surface area (Å²) in [7, 11) is 0. The Morgan fingerprint density at radius 3 is 3.00 bits per heavy atom. The lowest BCUT2D eigenvalue weighted by atomic mass is 9.85. The number of nitrogens with one attached hydrogen (secondary N) is 1. The lowest BCUT2D eigenvalue weighted by Crippen LogP contribution is -2.32. The Hall–Kier alpha value is -1.68. The SMILES string of the molecule is CC1(C)Cc2ccccc2C1NCCc1ncno1. The molecule has 4 heteroatoms. The standard InChI is InChI=1S/C15H19N3O/c1-15(2)9-11-5-3-4-6-12(11)14(15)16-8-7-13-17-10-18-19-13/h3-6,10,14,16H,7-9H2,1-2H3. The zero-order valence-electron chi connectivity index (χ0n) is 11.4. The van der Waals surface area contributed by atoms with Gasteiger partial charge in [0.2, 0.25) is 5.89 Å². The van der Waals surface area contributed by atoms with E-state index in [2.05, 4.69) is 53.6 Å². The van der Waals surface area contributed by atoms with Crippen molar-refractivity contribution in [1.29, 1.82) is 0 Å². The van der Waals surface area contributed by atoms with Gasteiger partial charge in [-0.1, -0.05) is 43.3 Å². The number of nitrogens with zero attached hydrogens (tertiary/aromatic N) is 2. The summed E-state index contributed by atoms with van der Waals surface area (Å²) in [6, 6.07) is 9.10. The second kappa shape index (κ2) is 4.78. The van der Waals surface area contributed by atoms with Crippen LogP contribution in [0.25, 0.3) is 0 Å². The average molecular weight is 257 g/mol. The fourth-order valence-electron chi connectivity index (χ4n) is 3.01. The molecule has 1 aliphatic rings. The third-order valence-corrected chi connectivity index (χ3v) is 3.89. The van der Waals surface area contributed by atoms with E-state index >= 15 is 0 Å². The highest BCUT2D eigenvalue weighted by molar-refractivity contribution is 5.37. The van der Waals surface area contributed by atoms with E-state index < -0.39 is 0 Å². The second-order valence-electron chi connectivity index (χ2n) is 5.84. The van der Waals surface area contributed by atoms with Crippen LogP contribution in [0, 0.1) is 5.41 Å². The predicted molar refractivity (Wildman–Crippen MR) is 72.7 cm³/mol. The van der Waals surface area contributed by atoms with Gasteiger partial charge < -0.3 is 9.84 Å². The van der Waals surface area contributed by atoms with E-state index in [9.17, 15) is 0 Å². The number of benzene rings is 1. The molecular weight excluding hydrogens is 238 g/mol. The molecule has 0 radical (unpaired) electrons. The van der Waals surface area contributed by atoms with Crippen LogP contribution in [0.3, 0.4) is 0 Å². The van der Waals surface area contributed by atoms with E-state index in [1.165, 1.54) is 17.5 Å². The minimum Gasteiger partial charge on any atom is -0.340 e. The van der Waals surface area contributed by atoms with Crippen molar-refractivity contribution in [1.82, 2.24) is 15.5 Å². The van der Waals surface area contributed by atoms with Gasteiger partial charge in [0.25, 0.3) is 0 Å². The smallest absolute Gasteiger partial charge is 0.227 e. The summed E-state index contributed by atoms with van der Waals surface area (Å²) >= 11 is 0. The summed E-state index contributed by atoms with van der Waals surface area (Å²) in [6.45, 7) is 5.49. The Morgan fingerprint density at radius 2 is 2.21 bits per heavy atom. The Kier molecular flexibility index (Phi) is 3.11. The number of rotatable bonds is 4. The molecule has 1 atom stereocenters. The molecule has 1 aromatic carbocycles. The lowest BCUT2D eigenvalue weighted by Gasteiger charge is -2.28. The van der Waals surface area contributed by atoms with E-state index in [4.69, 9.17) is 4.52 Å². The molecule has 0 fully saturated rings. The minimum absolute atomic E-state index is 0.249. The van der Waals surface area contributed by atoms with Gasteiger partial charge in [-0.2, -0.15) is 4.98 Å². The maximum Gasteiger partial charge on any atom is 0.227 e. The van der Waals surface area contributed by atoms with E-state index in [0.717, 1.165) is 19.4 Å². The number of hydrogen-bond donors (Lipinski definition) is 1. The van der Waals surface area contributed by atoms with E-state index in [1.807, 2.05) is 0 Å². The molecule has 0 amide bonds. The molecule has 4 nitrogen and oxygen atoms in total. The third kappa shape index (κ3) is 2.40. The second-order valence-corrected chi connectivity index (χ2v) is 5.84. The first-order valence-corrected chi connectivity index (χ1v) is 6.73. The molecule has 2 aromatic rings. The van der Waals surface area contributed by atoms with Crippen molar-refractivity contribution in [2.24, 2.45) is 5.41 Å². The van der Waals surface area contributed by atoms with Gasteiger partial charge in [0.1, 0.15) is 0 Å². The molecule has 0 bridgehead atoms. The molecule has 1 aromatic heterocycles. The number of fused-ring (bicyclic) bond motifs is 1. The van der Waals surface area contributed by atoms with Gasteiger partial charge >= 0.3 is 0 Å². The van der Waals surface area contributed by atoms with Crippen LogP contribution in [0.2, 0.25) is 0 Å². The van der Waals surface area contributed by atoms with Crippen LogP contribution in [0.1, 0.15) is 36.9 Å². The molecule has 0 saturated heterocycles. The highest BCUT2D eigenvalue weighted by Gasteiger charge is 2.38. The zero-order valence-corrected chi connectivity index (χ0v) is 11.4. The highest BCUT2D eigenvalue weighted by atomic mass is 16.5. The van der Waals surface area contributed by atoms with Crippen LogP contribution < -0.4 is 5.32 Å². The van der Waals surface area contributed by atoms with Crippen LogP contribution in [-0.4, -0.2) is 16.7 Å². The van der Waals surface area contributed by atoms with Gasteiger partial charge in [-0.15, -0.1) is 0 Å². The van der Waals surface area contributed by atoms with Crippen molar-refractivity contribution in [2.45, 2.75) is 32.7 Å². The van der Waals surface area contributed by atoms with Gasteiger partial charge in [-0.3, -0.25) is 0 Å². The van der Waals surface area contributed by atoms with Gasteiger partial charge in [0, 0.05) is 19.0 Å². The Morgan fingerprint density at radius 1 is 1.37 bits per heavy atom. The highest BCUT2D eigenvalue weighted by Crippen LogP contribution is 2.44. The summed E-state index contributed by atoms with van der Waals surface area (Å²) < 4.78 is 5.02. The topological polar surface area (TPSA) is 51.0 Å². The summed E-state index contributed by atoms with van der Waals surface area (Å²) in [5.41, 5.74) is 3.14. The third-order valence-electron chi connectivity index (χ3n) is 3.89. The van der Waals surface area contributed by atoms with Crippen molar-refractivity contribution in [2.75, 3.05) is 6.54 Å². The largest absolute Gasteiger partial charge is 0.340 e. The van der Waals surface area contributed by atoms with Crippen molar-refractivity contribution in [3.63, 3.8) is 0 Å².